The molecular formula is C18H16N4O2S. The van der Waals surface area contributed by atoms with Crippen molar-refractivity contribution in [3.8, 4) is 5.75 Å². The van der Waals surface area contributed by atoms with E-state index >= 15 is 0 Å². The van der Waals surface area contributed by atoms with Crippen LogP contribution in [0.5, 0.6) is 5.75 Å². The van der Waals surface area contributed by atoms with Gasteiger partial charge in [-0.05, 0) is 29.8 Å². The van der Waals surface area contributed by atoms with Crippen molar-refractivity contribution < 1.29 is 9.90 Å². The Balaban J connectivity index is 1.65. The number of thiazole rings is 1. The Kier molecular flexibility index (Phi) is 3.85. The fourth-order valence-electron chi connectivity index (χ4n) is 2.89. The summed E-state index contributed by atoms with van der Waals surface area (Å²) in [6, 6.07) is 14.6. The number of nitrogens with one attached hydrogen (secondary N) is 1. The minimum atomic E-state index is -0.161. The number of carbonyl (C=O) groups is 1. The number of aromatic hydroxyl groups is 1. The number of hydrogen-bond donors (Lipinski definition) is 2. The Labute approximate surface area is 148 Å². The molecule has 1 unspecified atom stereocenters. The summed E-state index contributed by atoms with van der Waals surface area (Å²) in [5.74, 6) is 0.812. The molecule has 1 aliphatic rings. The minimum absolute atomic E-state index is 0.0902. The van der Waals surface area contributed by atoms with E-state index in [1.54, 1.807) is 17.1 Å². The molecule has 2 N–H and O–H groups in total. The highest BCUT2D eigenvalue weighted by Gasteiger charge is 2.32. The Morgan fingerprint density at radius 3 is 2.76 bits per heavy atom. The molecule has 0 radical (unpaired) electrons. The molecule has 0 spiro atoms. The first-order valence-electron chi connectivity index (χ1n) is 7.89. The third-order valence-electron chi connectivity index (χ3n) is 4.08. The second kappa shape index (κ2) is 6.18. The van der Waals surface area contributed by atoms with E-state index in [0.717, 1.165) is 15.8 Å². The minimum Gasteiger partial charge on any atom is -0.508 e. The molecule has 1 fully saturated rings. The van der Waals surface area contributed by atoms with Crippen molar-refractivity contribution in [1.82, 2.24) is 15.4 Å². The van der Waals surface area contributed by atoms with Gasteiger partial charge in [0.05, 0.1) is 16.3 Å². The summed E-state index contributed by atoms with van der Waals surface area (Å²) >= 11 is 1.52. The molecule has 0 saturated carbocycles. The van der Waals surface area contributed by atoms with Gasteiger partial charge in [0.15, 0.2) is 0 Å². The molecule has 1 aliphatic heterocycles. The topological polar surface area (TPSA) is 77.8 Å². The number of amidine groups is 1. The largest absolute Gasteiger partial charge is 0.508 e. The highest BCUT2D eigenvalue weighted by Crippen LogP contribution is 2.32. The Hall–Kier alpha value is -2.93. The van der Waals surface area contributed by atoms with E-state index in [1.165, 1.54) is 18.3 Å². The van der Waals surface area contributed by atoms with Crippen LogP contribution < -0.4 is 5.43 Å². The Morgan fingerprint density at radius 2 is 2.04 bits per heavy atom. The lowest BCUT2D eigenvalue weighted by Crippen LogP contribution is -2.38. The van der Waals surface area contributed by atoms with Gasteiger partial charge in [0.25, 0.3) is 0 Å². The van der Waals surface area contributed by atoms with Crippen LogP contribution in [0.1, 0.15) is 24.9 Å². The fraction of sp³-hybridized carbons (Fsp3) is 0.167. The predicted molar refractivity (Wildman–Crippen MR) is 97.8 cm³/mol. The zero-order valence-electron chi connectivity index (χ0n) is 13.5. The maximum Gasteiger partial charge on any atom is 0.238 e. The van der Waals surface area contributed by atoms with Crippen LogP contribution in [-0.2, 0) is 4.79 Å². The SMILES string of the molecule is CC(=O)N1N/C(=N/c2nc3ccccc3s2)CC1c1ccc(O)cc1. The van der Waals surface area contributed by atoms with Crippen LogP contribution >= 0.6 is 11.3 Å². The zero-order chi connectivity index (χ0) is 17.4. The number of hydrazine groups is 1. The van der Waals surface area contributed by atoms with E-state index in [0.29, 0.717) is 17.4 Å². The summed E-state index contributed by atoms with van der Waals surface area (Å²) in [4.78, 5) is 21.1. The summed E-state index contributed by atoms with van der Waals surface area (Å²) in [5.41, 5.74) is 4.94. The molecule has 126 valence electrons. The number of phenols is 1. The quantitative estimate of drug-likeness (QED) is 0.740. The van der Waals surface area contributed by atoms with Crippen molar-refractivity contribution in [2.45, 2.75) is 19.4 Å². The van der Waals surface area contributed by atoms with Gasteiger partial charge in [-0.3, -0.25) is 10.2 Å². The predicted octanol–water partition coefficient (Wildman–Crippen LogP) is 3.53. The van der Waals surface area contributed by atoms with Gasteiger partial charge in [-0.15, -0.1) is 0 Å². The number of aliphatic imine (C=N–C) groups is 1. The second-order valence-electron chi connectivity index (χ2n) is 5.83. The number of rotatable bonds is 2. The number of carbonyl (C=O) groups excluding carboxylic acids is 1. The molecule has 0 bridgehead atoms. The van der Waals surface area contributed by atoms with E-state index in [-0.39, 0.29) is 17.7 Å². The third-order valence-corrected chi connectivity index (χ3v) is 5.01. The molecule has 7 heteroatoms. The molecule has 2 heterocycles. The summed E-state index contributed by atoms with van der Waals surface area (Å²) in [6.45, 7) is 1.51. The Bertz CT molecular complexity index is 932. The molecule has 1 atom stereocenters. The molecule has 0 aliphatic carbocycles. The van der Waals surface area contributed by atoms with Gasteiger partial charge >= 0.3 is 0 Å². The van der Waals surface area contributed by atoms with Crippen LogP contribution in [0.3, 0.4) is 0 Å². The fourth-order valence-corrected chi connectivity index (χ4v) is 3.75. The number of nitrogens with zero attached hydrogens (tertiary/aromatic N) is 3. The molecule has 1 amide bonds. The van der Waals surface area contributed by atoms with Crippen LogP contribution in [0, 0.1) is 0 Å². The van der Waals surface area contributed by atoms with Crippen LogP contribution in [0.15, 0.2) is 53.5 Å². The smallest absolute Gasteiger partial charge is 0.238 e. The van der Waals surface area contributed by atoms with Crippen LogP contribution in [0.25, 0.3) is 10.2 Å². The molecular weight excluding hydrogens is 336 g/mol. The standard InChI is InChI=1S/C18H16N4O2S/c1-11(23)22-15(12-6-8-13(24)9-7-12)10-17(21-22)20-18-19-14-4-2-3-5-16(14)25-18/h2-9,15,24H,10H2,1H3,(H,19,20,21). The number of phenolic OH excluding ortho intramolecular Hbond substituents is 1. The number of fused-ring (bicyclic) bond motifs is 1. The van der Waals surface area contributed by atoms with Gasteiger partial charge in [-0.25, -0.2) is 15.0 Å². The van der Waals surface area contributed by atoms with Gasteiger partial charge < -0.3 is 5.11 Å². The van der Waals surface area contributed by atoms with Crippen molar-refractivity contribution in [1.29, 1.82) is 0 Å². The summed E-state index contributed by atoms with van der Waals surface area (Å²) in [6.07, 6.45) is 0.570. The van der Waals surface area contributed by atoms with E-state index < -0.39 is 0 Å². The number of aromatic nitrogens is 1. The van der Waals surface area contributed by atoms with Crippen LogP contribution in [0.2, 0.25) is 0 Å². The Morgan fingerprint density at radius 1 is 1.28 bits per heavy atom. The first-order valence-corrected chi connectivity index (χ1v) is 8.70. The number of amides is 1. The first-order chi connectivity index (χ1) is 12.1. The maximum atomic E-state index is 12.0. The molecule has 1 saturated heterocycles. The van der Waals surface area contributed by atoms with Crippen molar-refractivity contribution in [3.63, 3.8) is 0 Å². The summed E-state index contributed by atoms with van der Waals surface area (Å²) < 4.78 is 1.08. The third kappa shape index (κ3) is 3.06. The van der Waals surface area contributed by atoms with Crippen molar-refractivity contribution >= 4 is 38.4 Å². The van der Waals surface area contributed by atoms with Crippen LogP contribution in [0.4, 0.5) is 5.13 Å². The molecule has 3 aromatic rings. The van der Waals surface area contributed by atoms with Gasteiger partial charge in [0.1, 0.15) is 11.6 Å². The summed E-state index contributed by atoms with van der Waals surface area (Å²) in [5, 5.41) is 11.7. The second-order valence-corrected chi connectivity index (χ2v) is 6.84. The van der Waals surface area contributed by atoms with Gasteiger partial charge in [0, 0.05) is 13.3 Å². The van der Waals surface area contributed by atoms with Crippen molar-refractivity contribution in [2.75, 3.05) is 0 Å². The average Bonchev–Trinajstić information content (AvgIpc) is 3.19. The van der Waals surface area contributed by atoms with Crippen molar-refractivity contribution in [3.05, 3.63) is 54.1 Å². The number of hydrogen-bond acceptors (Lipinski definition) is 5. The lowest BCUT2D eigenvalue weighted by Gasteiger charge is -2.22. The molecule has 4 rings (SSSR count). The van der Waals surface area contributed by atoms with E-state index in [1.807, 2.05) is 36.4 Å². The lowest BCUT2D eigenvalue weighted by molar-refractivity contribution is -0.132. The van der Waals surface area contributed by atoms with E-state index in [9.17, 15) is 9.90 Å². The zero-order valence-corrected chi connectivity index (χ0v) is 14.3. The molecule has 25 heavy (non-hydrogen) atoms. The van der Waals surface area contributed by atoms with E-state index in [4.69, 9.17) is 0 Å². The molecule has 1 aromatic heterocycles. The normalized spacial score (nSPS) is 18.7. The van der Waals surface area contributed by atoms with Crippen molar-refractivity contribution in [2.24, 2.45) is 4.99 Å². The summed E-state index contributed by atoms with van der Waals surface area (Å²) in [7, 11) is 0. The van der Waals surface area contributed by atoms with Gasteiger partial charge in [-0.1, -0.05) is 35.6 Å². The average molecular weight is 352 g/mol. The van der Waals surface area contributed by atoms with E-state index in [2.05, 4.69) is 15.4 Å². The number of benzene rings is 2. The monoisotopic (exact) mass is 352 g/mol. The van der Waals surface area contributed by atoms with Gasteiger partial charge in [-0.2, -0.15) is 0 Å². The maximum absolute atomic E-state index is 12.0. The van der Waals surface area contributed by atoms with Gasteiger partial charge in [0.2, 0.25) is 11.0 Å². The lowest BCUT2D eigenvalue weighted by atomic mass is 10.0. The highest BCUT2D eigenvalue weighted by atomic mass is 32.1. The molecule has 2 aromatic carbocycles. The first kappa shape index (κ1) is 15.6. The van der Waals surface area contributed by atoms with Crippen LogP contribution in [-0.4, -0.2) is 26.8 Å². The molecule has 6 nitrogen and oxygen atoms in total. The highest BCUT2D eigenvalue weighted by molar-refractivity contribution is 7.22. The number of para-hydroxylation sites is 1.